The molecule has 0 fully saturated rings. The van der Waals surface area contributed by atoms with Gasteiger partial charge in [-0.25, -0.2) is 9.59 Å². The second kappa shape index (κ2) is 22.9. The van der Waals surface area contributed by atoms with Gasteiger partial charge in [0.25, 0.3) is 0 Å². The summed E-state index contributed by atoms with van der Waals surface area (Å²) >= 11 is 0. The summed E-state index contributed by atoms with van der Waals surface area (Å²) in [6.45, 7) is 20.1. The van der Waals surface area contributed by atoms with Gasteiger partial charge in [0.05, 0.1) is 52.3 Å². The Balaban J connectivity index is 0.000000411. The van der Waals surface area contributed by atoms with Gasteiger partial charge in [-0.2, -0.15) is 5.26 Å². The summed E-state index contributed by atoms with van der Waals surface area (Å²) in [5.74, 6) is 0.348. The third kappa shape index (κ3) is 15.2. The molecule has 0 saturated heterocycles. The minimum atomic E-state index is -4.24. The highest BCUT2D eigenvalue weighted by Crippen LogP contribution is 2.51. The number of ether oxygens (including phenoxy) is 7. The van der Waals surface area contributed by atoms with Gasteiger partial charge < -0.3 is 57.1 Å². The van der Waals surface area contributed by atoms with Crippen LogP contribution in [0.15, 0.2) is 0 Å². The first-order valence-corrected chi connectivity index (χ1v) is 26.3. The molecular formula is C39H61NO16P2Si. The summed E-state index contributed by atoms with van der Waals surface area (Å²) in [6.07, 6.45) is -0.854. The van der Waals surface area contributed by atoms with Gasteiger partial charge in [0.15, 0.2) is 0 Å². The van der Waals surface area contributed by atoms with Crippen LogP contribution in [-0.2, 0) is 63.2 Å². The van der Waals surface area contributed by atoms with Crippen LogP contribution in [0.2, 0.25) is 25.7 Å². The van der Waals surface area contributed by atoms with Gasteiger partial charge >= 0.3 is 27.1 Å². The molecule has 0 unspecified atom stereocenters. The van der Waals surface area contributed by atoms with E-state index in [2.05, 4.69) is 19.6 Å². The highest BCUT2D eigenvalue weighted by molar-refractivity contribution is 7.53. The second-order valence-electron chi connectivity index (χ2n) is 15.4. The topological polar surface area (TPSA) is 236 Å². The minimum Gasteiger partial charge on any atom is -0.507 e. The number of phenolic OH excluding ortho intramolecular Hbond substituents is 1. The zero-order chi connectivity index (χ0) is 44.9. The summed E-state index contributed by atoms with van der Waals surface area (Å²) in [7, 11) is -5.95. The molecule has 4 rings (SSSR count). The summed E-state index contributed by atoms with van der Waals surface area (Å²) in [6, 6.07) is 2.70. The SMILES string of the molecule is CC#N.COc1c(C)c2c(c(O)c1CCOCP(=O)(O)O)C(=O)OC2.COc1c(C)c2c(c(OCC[Si](C)(C)C)c1CCOCP(=O)(OC(C)C)OC(C)C)C(=O)OC2. The minimum absolute atomic E-state index is 0.0394. The summed E-state index contributed by atoms with van der Waals surface area (Å²) < 4.78 is 73.0. The highest BCUT2D eigenvalue weighted by atomic mass is 31.2. The van der Waals surface area contributed by atoms with E-state index in [1.165, 1.54) is 14.0 Å². The molecule has 2 aromatic rings. The molecule has 332 valence electrons. The third-order valence-electron chi connectivity index (χ3n) is 8.62. The van der Waals surface area contributed by atoms with Crippen molar-refractivity contribution < 1.29 is 75.8 Å². The molecule has 20 heteroatoms. The zero-order valence-corrected chi connectivity index (χ0v) is 39.0. The zero-order valence-electron chi connectivity index (χ0n) is 36.2. The maximum absolute atomic E-state index is 13.0. The average molecular weight is 890 g/mol. The number of cyclic esters (lactones) is 2. The summed E-state index contributed by atoms with van der Waals surface area (Å²) in [4.78, 5) is 41.7. The molecule has 0 radical (unpaired) electrons. The molecule has 0 spiro atoms. The number of fused-ring (bicyclic) bond motifs is 2. The van der Waals surface area contributed by atoms with Gasteiger partial charge in [-0.3, -0.25) is 9.13 Å². The van der Waals surface area contributed by atoms with E-state index in [1.807, 2.05) is 6.92 Å². The summed E-state index contributed by atoms with van der Waals surface area (Å²) in [5.41, 5.74) is 4.61. The largest absolute Gasteiger partial charge is 0.507 e. The lowest BCUT2D eigenvalue weighted by Gasteiger charge is -2.23. The first-order chi connectivity index (χ1) is 27.4. The number of methoxy groups -OCH3 is 2. The van der Waals surface area contributed by atoms with Crippen LogP contribution < -0.4 is 14.2 Å². The molecule has 0 aromatic heterocycles. The van der Waals surface area contributed by atoms with Gasteiger partial charge in [-0.15, -0.1) is 0 Å². The predicted molar refractivity (Wildman–Crippen MR) is 221 cm³/mol. The van der Waals surface area contributed by atoms with Gasteiger partial charge in [-0.05, 0) is 58.7 Å². The maximum Gasteiger partial charge on any atom is 0.356 e. The molecular weight excluding hydrogens is 828 g/mol. The van der Waals surface area contributed by atoms with Crippen LogP contribution in [0.3, 0.4) is 0 Å². The molecule has 0 aliphatic carbocycles. The highest BCUT2D eigenvalue weighted by Gasteiger charge is 2.35. The normalized spacial score (nSPS) is 13.4. The lowest BCUT2D eigenvalue weighted by Crippen LogP contribution is -2.23. The van der Waals surface area contributed by atoms with E-state index >= 15 is 0 Å². The van der Waals surface area contributed by atoms with E-state index in [4.69, 9.17) is 57.3 Å². The monoisotopic (exact) mass is 889 g/mol. The van der Waals surface area contributed by atoms with Crippen LogP contribution in [-0.4, -0.2) is 93.8 Å². The lowest BCUT2D eigenvalue weighted by molar-refractivity contribution is 0.0523. The standard InChI is InChI=1S/C24H41O8PSi.C13H17O8P.C2H3N/c1-16(2)31-33(26,32-17(3)4)15-28-11-10-19-22(27-6)18(5)20-14-30-24(25)21(20)23(19)29-12-13-34(7,8)9;1-7-9-5-21-13(15)10(9)11(14)8(12(7)19-2)3-4-20-6-22(16,17)18;1-2-3/h16-17H,10-15H2,1-9H3;14H,3-6H2,1-2H3,(H2,16,17,18);1H3. The van der Waals surface area contributed by atoms with Crippen molar-refractivity contribution in [3.8, 4) is 29.1 Å². The van der Waals surface area contributed by atoms with Crippen molar-refractivity contribution in [3.63, 3.8) is 0 Å². The number of carbonyl (C=O) groups is 2. The first-order valence-electron chi connectivity index (χ1n) is 19.0. The molecule has 17 nitrogen and oxygen atoms in total. The van der Waals surface area contributed by atoms with Gasteiger partial charge in [-0.1, -0.05) is 19.6 Å². The third-order valence-corrected chi connectivity index (χ3v) is 12.8. The Kier molecular flexibility index (Phi) is 20.1. The second-order valence-corrected chi connectivity index (χ2v) is 24.5. The molecule has 2 aliphatic rings. The smallest absolute Gasteiger partial charge is 0.356 e. The number of carbonyl (C=O) groups excluding carboxylic acids is 2. The molecule has 0 bridgehead atoms. The average Bonchev–Trinajstić information content (AvgIpc) is 3.70. The fourth-order valence-electron chi connectivity index (χ4n) is 6.18. The Morgan fingerprint density at radius 3 is 1.66 bits per heavy atom. The van der Waals surface area contributed by atoms with Crippen LogP contribution in [0.4, 0.5) is 0 Å². The van der Waals surface area contributed by atoms with Crippen molar-refractivity contribution >= 4 is 35.2 Å². The lowest BCUT2D eigenvalue weighted by atomic mass is 9.95. The van der Waals surface area contributed by atoms with Crippen LogP contribution >= 0.6 is 15.2 Å². The quantitative estimate of drug-likeness (QED) is 0.0503. The fraction of sp³-hybridized carbons (Fsp3) is 0.615. The number of phenols is 1. The van der Waals surface area contributed by atoms with Crippen molar-refractivity contribution in [2.45, 2.75) is 112 Å². The molecule has 2 aromatic carbocycles. The van der Waals surface area contributed by atoms with Crippen LogP contribution in [0.5, 0.6) is 23.0 Å². The molecule has 0 atom stereocenters. The molecule has 59 heavy (non-hydrogen) atoms. The van der Waals surface area contributed by atoms with Gasteiger partial charge in [0, 0.05) is 50.1 Å². The van der Waals surface area contributed by atoms with Gasteiger partial charge in [0.1, 0.15) is 60.0 Å². The molecule has 2 heterocycles. The number of benzene rings is 2. The van der Waals surface area contributed by atoms with Crippen molar-refractivity contribution in [1.29, 1.82) is 5.26 Å². The number of aromatic hydroxyl groups is 1. The van der Waals surface area contributed by atoms with Crippen LogP contribution in [0.1, 0.15) is 88.7 Å². The Morgan fingerprint density at radius 2 is 1.20 bits per heavy atom. The first kappa shape index (κ1) is 51.6. The van der Waals surface area contributed by atoms with Crippen molar-refractivity contribution in [3.05, 3.63) is 44.5 Å². The van der Waals surface area contributed by atoms with E-state index in [1.54, 1.807) is 47.8 Å². The van der Waals surface area contributed by atoms with E-state index in [-0.39, 0.29) is 68.7 Å². The molecule has 3 N–H and O–H groups in total. The molecule has 0 saturated carbocycles. The van der Waals surface area contributed by atoms with E-state index in [9.17, 15) is 23.8 Å². The molecule has 2 aliphatic heterocycles. The summed E-state index contributed by atoms with van der Waals surface area (Å²) in [5, 5.41) is 17.6. The Labute approximate surface area is 348 Å². The van der Waals surface area contributed by atoms with Crippen LogP contribution in [0.25, 0.3) is 0 Å². The number of hydrogen-bond donors (Lipinski definition) is 3. The maximum atomic E-state index is 13.0. The van der Waals surface area contributed by atoms with Crippen molar-refractivity contribution in [1.82, 2.24) is 0 Å². The van der Waals surface area contributed by atoms with E-state index < -0.39 is 35.6 Å². The number of rotatable bonds is 20. The van der Waals surface area contributed by atoms with E-state index in [0.29, 0.717) is 52.5 Å². The van der Waals surface area contributed by atoms with Crippen molar-refractivity contribution in [2.75, 3.05) is 46.7 Å². The molecule has 0 amide bonds. The number of nitrogens with zero attached hydrogens (tertiary/aromatic N) is 1. The fourth-order valence-corrected chi connectivity index (χ4v) is 9.07. The number of esters is 2. The predicted octanol–water partition coefficient (Wildman–Crippen LogP) is 7.55. The Morgan fingerprint density at radius 1 is 0.763 bits per heavy atom. The van der Waals surface area contributed by atoms with Gasteiger partial charge in [0.2, 0.25) is 0 Å². The Bertz CT molecular complexity index is 1900. The van der Waals surface area contributed by atoms with E-state index in [0.717, 1.165) is 22.7 Å². The van der Waals surface area contributed by atoms with Crippen LogP contribution in [0, 0.1) is 25.2 Å². The van der Waals surface area contributed by atoms with Crippen molar-refractivity contribution in [2.24, 2.45) is 0 Å². The number of nitriles is 1. The Hall–Kier alpha value is -3.49. The number of hydrogen-bond acceptors (Lipinski definition) is 15.